The van der Waals surface area contributed by atoms with Gasteiger partial charge in [0, 0.05) is 10.7 Å². The topological polar surface area (TPSA) is 38.3 Å². The maximum atomic E-state index is 12.4. The zero-order valence-electron chi connectivity index (χ0n) is 14.2. The summed E-state index contributed by atoms with van der Waals surface area (Å²) in [6.07, 6.45) is -0.602. The smallest absolute Gasteiger partial charge is 0.265 e. The molecule has 0 saturated heterocycles. The molecule has 1 N–H and O–H groups in total. The molecule has 2 aromatic carbocycles. The fourth-order valence-corrected chi connectivity index (χ4v) is 2.46. The summed E-state index contributed by atoms with van der Waals surface area (Å²) in [5.74, 6) is 0.469. The zero-order chi connectivity index (χ0) is 17.1. The highest BCUT2D eigenvalue weighted by Crippen LogP contribution is 2.26. The molecule has 0 aliphatic rings. The molecule has 0 radical (unpaired) electrons. The third-order valence-electron chi connectivity index (χ3n) is 3.95. The standard InChI is InChI=1S/C19H22ClNO2/c1-11-7-6-8-17(14(11)4)21-19(22)15(5)23-16-9-12(2)18(20)13(3)10-16/h6-10,15H,1-5H3,(H,21,22)/t15-/m0/s1. The molecular formula is C19H22ClNO2. The van der Waals surface area contributed by atoms with E-state index in [4.69, 9.17) is 16.3 Å². The van der Waals surface area contributed by atoms with E-state index in [1.54, 1.807) is 6.92 Å². The Kier molecular flexibility index (Phi) is 5.32. The van der Waals surface area contributed by atoms with Gasteiger partial charge in [0.25, 0.3) is 5.91 Å². The molecule has 3 nitrogen and oxygen atoms in total. The molecule has 0 saturated carbocycles. The lowest BCUT2D eigenvalue weighted by atomic mass is 10.1. The summed E-state index contributed by atoms with van der Waals surface area (Å²) in [7, 11) is 0. The lowest BCUT2D eigenvalue weighted by Gasteiger charge is -2.17. The molecule has 122 valence electrons. The minimum atomic E-state index is -0.602. The number of hydrogen-bond donors (Lipinski definition) is 1. The molecule has 2 aromatic rings. The molecule has 0 fully saturated rings. The van der Waals surface area contributed by atoms with Gasteiger partial charge in [0.2, 0.25) is 0 Å². The monoisotopic (exact) mass is 331 g/mol. The van der Waals surface area contributed by atoms with E-state index in [1.165, 1.54) is 0 Å². The van der Waals surface area contributed by atoms with Crippen LogP contribution in [0.5, 0.6) is 5.75 Å². The Morgan fingerprint density at radius 3 is 2.30 bits per heavy atom. The van der Waals surface area contributed by atoms with E-state index in [1.807, 2.05) is 58.0 Å². The van der Waals surface area contributed by atoms with Gasteiger partial charge < -0.3 is 10.1 Å². The number of nitrogens with one attached hydrogen (secondary N) is 1. The van der Waals surface area contributed by atoms with E-state index in [-0.39, 0.29) is 5.91 Å². The van der Waals surface area contributed by atoms with Crippen molar-refractivity contribution in [1.29, 1.82) is 0 Å². The molecule has 0 aliphatic heterocycles. The van der Waals surface area contributed by atoms with Crippen LogP contribution in [0, 0.1) is 27.7 Å². The van der Waals surface area contributed by atoms with Gasteiger partial charge in [-0.1, -0.05) is 23.7 Å². The molecule has 0 unspecified atom stereocenters. The average Bonchev–Trinajstić information content (AvgIpc) is 2.49. The highest BCUT2D eigenvalue weighted by atomic mass is 35.5. The van der Waals surface area contributed by atoms with Gasteiger partial charge in [0.05, 0.1) is 0 Å². The molecule has 1 atom stereocenters. The number of anilines is 1. The maximum absolute atomic E-state index is 12.4. The minimum Gasteiger partial charge on any atom is -0.481 e. The van der Waals surface area contributed by atoms with Crippen LogP contribution in [0.4, 0.5) is 5.69 Å². The number of carbonyl (C=O) groups is 1. The molecule has 2 rings (SSSR count). The van der Waals surface area contributed by atoms with Crippen molar-refractivity contribution in [2.45, 2.75) is 40.7 Å². The van der Waals surface area contributed by atoms with Crippen LogP contribution in [0.2, 0.25) is 5.02 Å². The molecule has 0 spiro atoms. The summed E-state index contributed by atoms with van der Waals surface area (Å²) in [6, 6.07) is 9.52. The third-order valence-corrected chi connectivity index (χ3v) is 4.55. The normalized spacial score (nSPS) is 11.9. The predicted molar refractivity (Wildman–Crippen MR) is 95.6 cm³/mol. The summed E-state index contributed by atoms with van der Waals surface area (Å²) < 4.78 is 5.76. The van der Waals surface area contributed by atoms with Crippen LogP contribution in [-0.4, -0.2) is 12.0 Å². The lowest BCUT2D eigenvalue weighted by molar-refractivity contribution is -0.122. The van der Waals surface area contributed by atoms with Crippen LogP contribution in [0.1, 0.15) is 29.2 Å². The number of benzene rings is 2. The van der Waals surface area contributed by atoms with Gasteiger partial charge in [-0.05, 0) is 75.1 Å². The summed E-state index contributed by atoms with van der Waals surface area (Å²) in [4.78, 5) is 12.4. The number of carbonyl (C=O) groups excluding carboxylic acids is 1. The number of hydrogen-bond acceptors (Lipinski definition) is 2. The highest BCUT2D eigenvalue weighted by molar-refractivity contribution is 6.32. The Balaban J connectivity index is 2.10. The van der Waals surface area contributed by atoms with Crippen molar-refractivity contribution in [3.63, 3.8) is 0 Å². The van der Waals surface area contributed by atoms with E-state index in [9.17, 15) is 4.79 Å². The first-order chi connectivity index (χ1) is 10.8. The Bertz CT molecular complexity index is 717. The number of halogens is 1. The van der Waals surface area contributed by atoms with Crippen LogP contribution in [0.3, 0.4) is 0 Å². The Labute approximate surface area is 142 Å². The fourth-order valence-electron chi connectivity index (χ4n) is 2.35. The van der Waals surface area contributed by atoms with E-state index in [0.29, 0.717) is 5.75 Å². The molecule has 0 bridgehead atoms. The van der Waals surface area contributed by atoms with Crippen molar-refractivity contribution < 1.29 is 9.53 Å². The quantitative estimate of drug-likeness (QED) is 0.858. The van der Waals surface area contributed by atoms with Crippen LogP contribution >= 0.6 is 11.6 Å². The second-order valence-corrected chi connectivity index (χ2v) is 6.25. The lowest BCUT2D eigenvalue weighted by Crippen LogP contribution is -2.30. The summed E-state index contributed by atoms with van der Waals surface area (Å²) in [5, 5.41) is 3.65. The van der Waals surface area contributed by atoms with Crippen molar-refractivity contribution in [1.82, 2.24) is 0 Å². The van der Waals surface area contributed by atoms with Gasteiger partial charge in [0.15, 0.2) is 6.10 Å². The number of rotatable bonds is 4. The molecule has 0 heterocycles. The van der Waals surface area contributed by atoms with E-state index in [0.717, 1.165) is 33.0 Å². The Morgan fingerprint density at radius 2 is 1.70 bits per heavy atom. The second kappa shape index (κ2) is 7.05. The van der Waals surface area contributed by atoms with E-state index in [2.05, 4.69) is 5.32 Å². The number of ether oxygens (including phenoxy) is 1. The van der Waals surface area contributed by atoms with Crippen molar-refractivity contribution >= 4 is 23.2 Å². The van der Waals surface area contributed by atoms with Crippen molar-refractivity contribution in [2.24, 2.45) is 0 Å². The van der Waals surface area contributed by atoms with Gasteiger partial charge in [-0.2, -0.15) is 0 Å². The molecule has 0 aromatic heterocycles. The van der Waals surface area contributed by atoms with Crippen LogP contribution in [-0.2, 0) is 4.79 Å². The largest absolute Gasteiger partial charge is 0.481 e. The Hall–Kier alpha value is -2.00. The summed E-state index contributed by atoms with van der Waals surface area (Å²) >= 11 is 6.15. The van der Waals surface area contributed by atoms with Gasteiger partial charge in [0.1, 0.15) is 5.75 Å². The molecule has 1 amide bonds. The summed E-state index contributed by atoms with van der Waals surface area (Å²) in [5.41, 5.74) is 4.88. The molecule has 23 heavy (non-hydrogen) atoms. The second-order valence-electron chi connectivity index (χ2n) is 5.87. The predicted octanol–water partition coefficient (Wildman–Crippen LogP) is 4.98. The molecular weight excluding hydrogens is 310 g/mol. The van der Waals surface area contributed by atoms with Crippen LogP contribution in [0.15, 0.2) is 30.3 Å². The van der Waals surface area contributed by atoms with Crippen molar-refractivity contribution in [3.05, 3.63) is 57.6 Å². The third kappa shape index (κ3) is 4.05. The van der Waals surface area contributed by atoms with Crippen LogP contribution in [0.25, 0.3) is 0 Å². The molecule has 4 heteroatoms. The molecule has 0 aliphatic carbocycles. The van der Waals surface area contributed by atoms with Crippen molar-refractivity contribution in [3.8, 4) is 5.75 Å². The summed E-state index contributed by atoms with van der Waals surface area (Å²) in [6.45, 7) is 9.58. The first-order valence-electron chi connectivity index (χ1n) is 7.60. The van der Waals surface area contributed by atoms with Crippen LogP contribution < -0.4 is 10.1 Å². The number of amides is 1. The Morgan fingerprint density at radius 1 is 1.09 bits per heavy atom. The van der Waals surface area contributed by atoms with Gasteiger partial charge >= 0.3 is 0 Å². The average molecular weight is 332 g/mol. The first-order valence-corrected chi connectivity index (χ1v) is 7.98. The first kappa shape index (κ1) is 17.4. The SMILES string of the molecule is Cc1cccc(NC(=O)[C@H](C)Oc2cc(C)c(Cl)c(C)c2)c1C. The van der Waals surface area contributed by atoms with E-state index < -0.39 is 6.10 Å². The van der Waals surface area contributed by atoms with E-state index >= 15 is 0 Å². The van der Waals surface area contributed by atoms with Gasteiger partial charge in [-0.25, -0.2) is 0 Å². The fraction of sp³-hybridized carbons (Fsp3) is 0.316. The zero-order valence-corrected chi connectivity index (χ0v) is 14.9. The van der Waals surface area contributed by atoms with Gasteiger partial charge in [-0.15, -0.1) is 0 Å². The highest BCUT2D eigenvalue weighted by Gasteiger charge is 2.17. The minimum absolute atomic E-state index is 0.177. The number of aryl methyl sites for hydroxylation is 3. The maximum Gasteiger partial charge on any atom is 0.265 e. The van der Waals surface area contributed by atoms with Gasteiger partial charge in [-0.3, -0.25) is 4.79 Å². The van der Waals surface area contributed by atoms with Crippen molar-refractivity contribution in [2.75, 3.05) is 5.32 Å².